The van der Waals surface area contributed by atoms with Crippen LogP contribution in [-0.4, -0.2) is 17.5 Å². The normalized spacial score (nSPS) is 14.6. The number of fused-ring (bicyclic) bond motifs is 1. The number of ether oxygens (including phenoxy) is 1. The lowest BCUT2D eigenvalue weighted by atomic mass is 10.1. The second-order valence-electron chi connectivity index (χ2n) is 5.07. The van der Waals surface area contributed by atoms with E-state index in [1.54, 1.807) is 0 Å². The van der Waals surface area contributed by atoms with E-state index in [4.69, 9.17) is 10.5 Å². The van der Waals surface area contributed by atoms with Crippen LogP contribution in [0.1, 0.15) is 27.7 Å². The first-order valence-corrected chi connectivity index (χ1v) is 7.64. The lowest BCUT2D eigenvalue weighted by Crippen LogP contribution is -2.27. The first-order valence-electron chi connectivity index (χ1n) is 6.83. The fourth-order valence-electron chi connectivity index (χ4n) is 2.19. The summed E-state index contributed by atoms with van der Waals surface area (Å²) in [6.07, 6.45) is 0.797. The Kier molecular flexibility index (Phi) is 5.52. The molecule has 22 heavy (non-hydrogen) atoms. The predicted molar refractivity (Wildman–Crippen MR) is 89.5 cm³/mol. The number of hydrogen-bond acceptors (Lipinski definition) is 5. The third kappa shape index (κ3) is 3.64. The fourth-order valence-corrected chi connectivity index (χ4v) is 3.14. The van der Waals surface area contributed by atoms with Gasteiger partial charge in [0.25, 0.3) is 0 Å². The molecule has 0 aliphatic carbocycles. The van der Waals surface area contributed by atoms with Crippen LogP contribution in [0, 0.1) is 6.92 Å². The Labute approximate surface area is 139 Å². The number of nitrogens with zero attached hydrogens (tertiary/aromatic N) is 1. The van der Waals surface area contributed by atoms with Gasteiger partial charge in [-0.1, -0.05) is 41.2 Å². The molecule has 118 valence electrons. The number of carbonyl (C=O) groups excluding carboxylic acids is 1. The molecule has 0 saturated carbocycles. The van der Waals surface area contributed by atoms with Gasteiger partial charge in [0.15, 0.2) is 5.13 Å². The summed E-state index contributed by atoms with van der Waals surface area (Å²) in [6.45, 7) is 3.26. The summed E-state index contributed by atoms with van der Waals surface area (Å²) >= 11 is 1.46. The minimum Gasteiger partial charge on any atom is -0.375 e. The molecule has 1 atom stereocenters. The highest BCUT2D eigenvalue weighted by Gasteiger charge is 2.20. The van der Waals surface area contributed by atoms with E-state index in [0.29, 0.717) is 18.3 Å². The maximum atomic E-state index is 12.2. The van der Waals surface area contributed by atoms with Gasteiger partial charge < -0.3 is 15.8 Å². The van der Waals surface area contributed by atoms with Crippen molar-refractivity contribution in [3.63, 3.8) is 0 Å². The van der Waals surface area contributed by atoms with Crippen LogP contribution in [0.25, 0.3) is 0 Å². The van der Waals surface area contributed by atoms with Crippen LogP contribution in [0.3, 0.4) is 0 Å². The van der Waals surface area contributed by atoms with Crippen LogP contribution in [0.5, 0.6) is 0 Å². The molecule has 1 aromatic heterocycles. The standard InChI is InChI=1S/C15H17N3O2S.ClH/c1-9-2-4-10(5-3-9)13(16)14(19)18-15-17-11-6-7-20-8-12(11)21-15;/h2-5,13H,6-8,16H2,1H3,(H,17,18,19);1H. The SMILES string of the molecule is Cc1ccc(C(N)C(=O)Nc2nc3c(s2)COCC3)cc1.Cl. The van der Waals surface area contributed by atoms with Crippen LogP contribution in [-0.2, 0) is 22.6 Å². The Morgan fingerprint density at radius 2 is 2.14 bits per heavy atom. The zero-order valence-electron chi connectivity index (χ0n) is 12.2. The van der Waals surface area contributed by atoms with Crippen molar-refractivity contribution in [3.05, 3.63) is 46.0 Å². The van der Waals surface area contributed by atoms with Crippen LogP contribution in [0.15, 0.2) is 24.3 Å². The molecule has 2 heterocycles. The minimum absolute atomic E-state index is 0. The van der Waals surface area contributed by atoms with Gasteiger partial charge >= 0.3 is 0 Å². The van der Waals surface area contributed by atoms with Crippen molar-refractivity contribution in [3.8, 4) is 0 Å². The van der Waals surface area contributed by atoms with Crippen LogP contribution >= 0.6 is 23.7 Å². The van der Waals surface area contributed by atoms with Gasteiger partial charge in [-0.05, 0) is 12.5 Å². The van der Waals surface area contributed by atoms with Gasteiger partial charge in [0.1, 0.15) is 6.04 Å². The third-order valence-corrected chi connectivity index (χ3v) is 4.43. The van der Waals surface area contributed by atoms with Gasteiger partial charge in [0.2, 0.25) is 5.91 Å². The number of anilines is 1. The predicted octanol–water partition coefficient (Wildman–Crippen LogP) is 2.58. The van der Waals surface area contributed by atoms with Crippen molar-refractivity contribution < 1.29 is 9.53 Å². The number of carbonyl (C=O) groups is 1. The van der Waals surface area contributed by atoms with Gasteiger partial charge in [0.05, 0.1) is 23.8 Å². The maximum absolute atomic E-state index is 12.2. The lowest BCUT2D eigenvalue weighted by molar-refractivity contribution is -0.117. The highest BCUT2D eigenvalue weighted by molar-refractivity contribution is 7.15. The number of rotatable bonds is 3. The molecule has 0 spiro atoms. The molecule has 0 radical (unpaired) electrons. The van der Waals surface area contributed by atoms with Gasteiger partial charge in [-0.3, -0.25) is 4.79 Å². The Hall–Kier alpha value is -1.47. The fraction of sp³-hybridized carbons (Fsp3) is 0.333. The topological polar surface area (TPSA) is 77.2 Å². The van der Waals surface area contributed by atoms with E-state index in [1.165, 1.54) is 11.3 Å². The number of nitrogens with one attached hydrogen (secondary N) is 1. The number of halogens is 1. The number of amides is 1. The molecule has 2 aromatic rings. The first kappa shape index (κ1) is 16.9. The lowest BCUT2D eigenvalue weighted by Gasteiger charge is -2.11. The van der Waals surface area contributed by atoms with Gasteiger partial charge in [-0.2, -0.15) is 0 Å². The molecule has 1 unspecified atom stereocenters. The molecule has 3 rings (SSSR count). The molecule has 1 aliphatic heterocycles. The quantitative estimate of drug-likeness (QED) is 0.901. The molecule has 5 nitrogen and oxygen atoms in total. The van der Waals surface area contributed by atoms with E-state index in [2.05, 4.69) is 10.3 Å². The van der Waals surface area contributed by atoms with Gasteiger partial charge in [-0.25, -0.2) is 4.98 Å². The van der Waals surface area contributed by atoms with Gasteiger partial charge in [0, 0.05) is 6.42 Å². The highest BCUT2D eigenvalue weighted by Crippen LogP contribution is 2.27. The Morgan fingerprint density at radius 1 is 1.41 bits per heavy atom. The summed E-state index contributed by atoms with van der Waals surface area (Å²) in [5.74, 6) is -0.245. The Morgan fingerprint density at radius 3 is 2.82 bits per heavy atom. The van der Waals surface area contributed by atoms with Crippen molar-refractivity contribution >= 4 is 34.8 Å². The van der Waals surface area contributed by atoms with Crippen molar-refractivity contribution in [2.75, 3.05) is 11.9 Å². The van der Waals surface area contributed by atoms with Crippen LogP contribution in [0.2, 0.25) is 0 Å². The number of hydrogen-bond donors (Lipinski definition) is 2. The smallest absolute Gasteiger partial charge is 0.247 e. The van der Waals surface area contributed by atoms with Gasteiger partial charge in [-0.15, -0.1) is 12.4 Å². The zero-order valence-corrected chi connectivity index (χ0v) is 13.8. The van der Waals surface area contributed by atoms with Crippen molar-refractivity contribution in [2.45, 2.75) is 26.0 Å². The van der Waals surface area contributed by atoms with E-state index >= 15 is 0 Å². The van der Waals surface area contributed by atoms with Crippen LogP contribution < -0.4 is 11.1 Å². The van der Waals surface area contributed by atoms with E-state index in [0.717, 1.165) is 28.1 Å². The summed E-state index contributed by atoms with van der Waals surface area (Å²) in [6, 6.07) is 6.95. The van der Waals surface area contributed by atoms with E-state index in [-0.39, 0.29) is 18.3 Å². The van der Waals surface area contributed by atoms with E-state index < -0.39 is 6.04 Å². The molecule has 1 aromatic carbocycles. The van der Waals surface area contributed by atoms with Crippen molar-refractivity contribution in [2.24, 2.45) is 5.73 Å². The molecular weight excluding hydrogens is 322 g/mol. The summed E-state index contributed by atoms with van der Waals surface area (Å²) in [5, 5.41) is 3.40. The number of benzene rings is 1. The maximum Gasteiger partial charge on any atom is 0.247 e. The third-order valence-electron chi connectivity index (χ3n) is 3.44. The molecule has 3 N–H and O–H groups in total. The minimum atomic E-state index is -0.692. The molecule has 1 aliphatic rings. The summed E-state index contributed by atoms with van der Waals surface area (Å²) in [7, 11) is 0. The molecule has 1 amide bonds. The highest BCUT2D eigenvalue weighted by atomic mass is 35.5. The molecule has 0 saturated heterocycles. The average Bonchev–Trinajstić information content (AvgIpc) is 2.89. The Bertz CT molecular complexity index is 634. The summed E-state index contributed by atoms with van der Waals surface area (Å²) in [5.41, 5.74) is 8.95. The Balaban J connectivity index is 0.00000176. The van der Waals surface area contributed by atoms with E-state index in [1.807, 2.05) is 31.2 Å². The second kappa shape index (κ2) is 7.19. The molecule has 0 bridgehead atoms. The van der Waals surface area contributed by atoms with Crippen molar-refractivity contribution in [1.29, 1.82) is 0 Å². The number of aryl methyl sites for hydroxylation is 1. The molecule has 0 fully saturated rings. The largest absolute Gasteiger partial charge is 0.375 e. The first-order chi connectivity index (χ1) is 10.1. The zero-order chi connectivity index (χ0) is 14.8. The summed E-state index contributed by atoms with van der Waals surface area (Å²) in [4.78, 5) is 17.7. The number of aromatic nitrogens is 1. The second-order valence-corrected chi connectivity index (χ2v) is 6.15. The number of thiazole rings is 1. The molecule has 7 heteroatoms. The average molecular weight is 340 g/mol. The van der Waals surface area contributed by atoms with Crippen molar-refractivity contribution in [1.82, 2.24) is 4.98 Å². The summed E-state index contributed by atoms with van der Waals surface area (Å²) < 4.78 is 5.38. The van der Waals surface area contributed by atoms with E-state index in [9.17, 15) is 4.79 Å². The molecular formula is C15H18ClN3O2S. The van der Waals surface area contributed by atoms with Crippen LogP contribution in [0.4, 0.5) is 5.13 Å². The monoisotopic (exact) mass is 339 g/mol. The number of nitrogens with two attached hydrogens (primary N) is 1.